The summed E-state index contributed by atoms with van der Waals surface area (Å²) >= 11 is 3.31. The maximum atomic E-state index is 12.4. The second kappa shape index (κ2) is 8.05. The number of amides is 1. The number of esters is 1. The summed E-state index contributed by atoms with van der Waals surface area (Å²) in [6.45, 7) is 3.84. The van der Waals surface area contributed by atoms with Crippen LogP contribution in [0.25, 0.3) is 0 Å². The molecule has 5 nitrogen and oxygen atoms in total. The normalized spacial score (nSPS) is 16.5. The van der Waals surface area contributed by atoms with Crippen molar-refractivity contribution >= 4 is 39.3 Å². The summed E-state index contributed by atoms with van der Waals surface area (Å²) in [6, 6.07) is 12.7. The fraction of sp³-hybridized carbons (Fsp3) is 0.286. The molecule has 1 fully saturated rings. The molecule has 0 N–H and O–H groups in total. The zero-order valence-corrected chi connectivity index (χ0v) is 16.8. The zero-order chi connectivity index (χ0) is 19.6. The van der Waals surface area contributed by atoms with Crippen LogP contribution in [0.3, 0.4) is 0 Å². The van der Waals surface area contributed by atoms with Gasteiger partial charge in [-0.2, -0.15) is 0 Å². The molecule has 6 heteroatoms. The number of nitrogens with zero attached hydrogens (tertiary/aromatic N) is 1. The van der Waals surface area contributed by atoms with E-state index in [0.717, 1.165) is 21.3 Å². The van der Waals surface area contributed by atoms with Gasteiger partial charge in [-0.15, -0.1) is 0 Å². The van der Waals surface area contributed by atoms with Crippen LogP contribution in [0.15, 0.2) is 46.9 Å². The lowest BCUT2D eigenvalue weighted by molar-refractivity contribution is -0.147. The summed E-state index contributed by atoms with van der Waals surface area (Å²) in [6.07, 6.45) is 0.0959. The minimum absolute atomic E-state index is 0.0959. The molecule has 1 aliphatic heterocycles. The third-order valence-electron chi connectivity index (χ3n) is 4.63. The molecular formula is C21H20BrNO4. The lowest BCUT2D eigenvalue weighted by Crippen LogP contribution is -2.27. The number of carbonyl (C=O) groups is 3. The third kappa shape index (κ3) is 4.45. The Hall–Kier alpha value is -2.47. The molecule has 27 heavy (non-hydrogen) atoms. The predicted molar refractivity (Wildman–Crippen MR) is 106 cm³/mol. The maximum Gasteiger partial charge on any atom is 0.311 e. The number of benzene rings is 2. The lowest BCUT2D eigenvalue weighted by atomic mass is 10.1. The van der Waals surface area contributed by atoms with E-state index < -0.39 is 11.9 Å². The van der Waals surface area contributed by atoms with E-state index in [-0.39, 0.29) is 31.3 Å². The van der Waals surface area contributed by atoms with Gasteiger partial charge in [-0.3, -0.25) is 14.4 Å². The Morgan fingerprint density at radius 1 is 1.15 bits per heavy atom. The summed E-state index contributed by atoms with van der Waals surface area (Å²) in [5.74, 6) is -1.45. The standard InChI is InChI=1S/C21H20BrNO4/c1-13-3-4-14(2)18(9-13)23-11-16(10-20(23)25)21(26)27-12-19(24)15-5-7-17(22)8-6-15/h3-9,16H,10-12H2,1-2H3/t16-/m0/s1. The van der Waals surface area contributed by atoms with Crippen LogP contribution in [0.1, 0.15) is 27.9 Å². The van der Waals surface area contributed by atoms with Gasteiger partial charge in [-0.05, 0) is 43.2 Å². The number of rotatable bonds is 5. The predicted octanol–water partition coefficient (Wildman–Crippen LogP) is 3.84. The van der Waals surface area contributed by atoms with Crippen molar-refractivity contribution in [2.45, 2.75) is 20.3 Å². The number of hydrogen-bond acceptors (Lipinski definition) is 4. The fourth-order valence-electron chi connectivity index (χ4n) is 3.08. The van der Waals surface area contributed by atoms with Crippen molar-refractivity contribution in [1.82, 2.24) is 0 Å². The first-order valence-electron chi connectivity index (χ1n) is 8.68. The minimum Gasteiger partial charge on any atom is -0.457 e. The highest BCUT2D eigenvalue weighted by Gasteiger charge is 2.36. The number of ketones is 1. The molecule has 0 unspecified atom stereocenters. The first kappa shape index (κ1) is 19.3. The molecule has 0 aromatic heterocycles. The second-order valence-corrected chi connectivity index (χ2v) is 7.65. The summed E-state index contributed by atoms with van der Waals surface area (Å²) in [5, 5.41) is 0. The number of halogens is 1. The average Bonchev–Trinajstić information content (AvgIpc) is 3.03. The van der Waals surface area contributed by atoms with Crippen molar-refractivity contribution in [3.8, 4) is 0 Å². The average molecular weight is 430 g/mol. The van der Waals surface area contributed by atoms with E-state index in [1.54, 1.807) is 29.2 Å². The van der Waals surface area contributed by atoms with Crippen molar-refractivity contribution < 1.29 is 19.1 Å². The number of hydrogen-bond donors (Lipinski definition) is 0. The van der Waals surface area contributed by atoms with Crippen molar-refractivity contribution in [3.05, 3.63) is 63.6 Å². The van der Waals surface area contributed by atoms with Crippen molar-refractivity contribution in [2.24, 2.45) is 5.92 Å². The second-order valence-electron chi connectivity index (χ2n) is 6.73. The van der Waals surface area contributed by atoms with Crippen LogP contribution in [-0.4, -0.2) is 30.8 Å². The Morgan fingerprint density at radius 3 is 2.56 bits per heavy atom. The molecule has 1 saturated heterocycles. The van der Waals surface area contributed by atoms with E-state index in [0.29, 0.717) is 5.56 Å². The Kier molecular flexibility index (Phi) is 5.75. The van der Waals surface area contributed by atoms with Crippen LogP contribution in [-0.2, 0) is 14.3 Å². The van der Waals surface area contributed by atoms with Gasteiger partial charge in [0.25, 0.3) is 0 Å². The lowest BCUT2D eigenvalue weighted by Gasteiger charge is -2.19. The Bertz CT molecular complexity index is 892. The molecule has 1 atom stereocenters. The molecule has 1 aliphatic rings. The molecule has 1 amide bonds. The van der Waals surface area contributed by atoms with Crippen LogP contribution in [0.5, 0.6) is 0 Å². The minimum atomic E-state index is -0.560. The number of carbonyl (C=O) groups excluding carboxylic acids is 3. The Morgan fingerprint density at radius 2 is 1.85 bits per heavy atom. The van der Waals surface area contributed by atoms with Crippen LogP contribution < -0.4 is 4.90 Å². The van der Waals surface area contributed by atoms with Crippen LogP contribution in [0.4, 0.5) is 5.69 Å². The van der Waals surface area contributed by atoms with E-state index in [4.69, 9.17) is 4.74 Å². The summed E-state index contributed by atoms with van der Waals surface area (Å²) in [4.78, 5) is 38.5. The fourth-order valence-corrected chi connectivity index (χ4v) is 3.35. The first-order valence-corrected chi connectivity index (χ1v) is 9.47. The molecule has 2 aromatic rings. The molecule has 1 heterocycles. The van der Waals surface area contributed by atoms with Crippen LogP contribution >= 0.6 is 15.9 Å². The van der Waals surface area contributed by atoms with Gasteiger partial charge in [0.05, 0.1) is 5.92 Å². The van der Waals surface area contributed by atoms with Crippen LogP contribution in [0.2, 0.25) is 0 Å². The number of aryl methyl sites for hydroxylation is 2. The Balaban J connectivity index is 1.61. The zero-order valence-electron chi connectivity index (χ0n) is 15.2. The molecule has 0 spiro atoms. The molecule has 0 radical (unpaired) electrons. The summed E-state index contributed by atoms with van der Waals surface area (Å²) in [7, 11) is 0. The monoisotopic (exact) mass is 429 g/mol. The highest BCUT2D eigenvalue weighted by molar-refractivity contribution is 9.10. The SMILES string of the molecule is Cc1ccc(C)c(N2C[C@@H](C(=O)OCC(=O)c3ccc(Br)cc3)CC2=O)c1. The molecule has 2 aromatic carbocycles. The Labute approximate surface area is 166 Å². The van der Waals surface area contributed by atoms with E-state index in [1.807, 2.05) is 32.0 Å². The van der Waals surface area contributed by atoms with Gasteiger partial charge in [-0.1, -0.05) is 40.2 Å². The molecule has 0 saturated carbocycles. The van der Waals surface area contributed by atoms with Gasteiger partial charge in [0.1, 0.15) is 0 Å². The summed E-state index contributed by atoms with van der Waals surface area (Å²) < 4.78 is 6.05. The topological polar surface area (TPSA) is 63.7 Å². The quantitative estimate of drug-likeness (QED) is 0.534. The van der Waals surface area contributed by atoms with E-state index >= 15 is 0 Å². The molecule has 0 aliphatic carbocycles. The van der Waals surface area contributed by atoms with Gasteiger partial charge in [-0.25, -0.2) is 0 Å². The van der Waals surface area contributed by atoms with Gasteiger partial charge < -0.3 is 9.64 Å². The van der Waals surface area contributed by atoms with E-state index in [2.05, 4.69) is 15.9 Å². The van der Waals surface area contributed by atoms with Gasteiger partial charge in [0.15, 0.2) is 12.4 Å². The van der Waals surface area contributed by atoms with E-state index in [1.165, 1.54) is 0 Å². The number of anilines is 1. The highest BCUT2D eigenvalue weighted by atomic mass is 79.9. The van der Waals surface area contributed by atoms with Crippen molar-refractivity contribution in [1.29, 1.82) is 0 Å². The van der Waals surface area contributed by atoms with Crippen LogP contribution in [0, 0.1) is 19.8 Å². The van der Waals surface area contributed by atoms with Gasteiger partial charge in [0, 0.05) is 28.7 Å². The summed E-state index contributed by atoms with van der Waals surface area (Å²) in [5.41, 5.74) is 3.33. The number of ether oxygens (including phenoxy) is 1. The third-order valence-corrected chi connectivity index (χ3v) is 5.15. The van der Waals surface area contributed by atoms with Gasteiger partial charge >= 0.3 is 5.97 Å². The smallest absolute Gasteiger partial charge is 0.311 e. The largest absolute Gasteiger partial charge is 0.457 e. The molecule has 0 bridgehead atoms. The first-order chi connectivity index (χ1) is 12.8. The van der Waals surface area contributed by atoms with Crippen molar-refractivity contribution in [2.75, 3.05) is 18.1 Å². The maximum absolute atomic E-state index is 12.4. The molecular weight excluding hydrogens is 410 g/mol. The van der Waals surface area contributed by atoms with Crippen molar-refractivity contribution in [3.63, 3.8) is 0 Å². The molecule has 3 rings (SSSR count). The van der Waals surface area contributed by atoms with Gasteiger partial charge in [0.2, 0.25) is 5.91 Å². The molecule has 140 valence electrons. The van der Waals surface area contributed by atoms with E-state index in [9.17, 15) is 14.4 Å². The highest BCUT2D eigenvalue weighted by Crippen LogP contribution is 2.29. The number of Topliss-reactive ketones (excluding diaryl/α,β-unsaturated/α-hetero) is 1.